The Hall–Kier alpha value is -1.37. The molecule has 2 nitrogen and oxygen atoms in total. The van der Waals surface area contributed by atoms with Crippen LogP contribution in [-0.4, -0.2) is 17.3 Å². The van der Waals surface area contributed by atoms with E-state index in [0.717, 1.165) is 0 Å². The molecule has 1 rings (SSSR count). The van der Waals surface area contributed by atoms with Gasteiger partial charge in [-0.2, -0.15) is 0 Å². The molecule has 0 saturated carbocycles. The van der Waals surface area contributed by atoms with Gasteiger partial charge in [-0.1, -0.05) is 13.8 Å². The van der Waals surface area contributed by atoms with E-state index in [1.165, 1.54) is 6.92 Å². The molecular formula is C12H14F5NO. The summed E-state index contributed by atoms with van der Waals surface area (Å²) in [7, 11) is 0. The fraction of sp³-hybridized carbons (Fsp3) is 0.500. The summed E-state index contributed by atoms with van der Waals surface area (Å²) in [4.78, 5) is 0. The second-order valence-electron chi connectivity index (χ2n) is 4.81. The summed E-state index contributed by atoms with van der Waals surface area (Å²) >= 11 is 0. The Labute approximate surface area is 107 Å². The van der Waals surface area contributed by atoms with Gasteiger partial charge in [-0.3, -0.25) is 0 Å². The number of anilines is 1. The third kappa shape index (κ3) is 2.97. The van der Waals surface area contributed by atoms with Crippen LogP contribution in [0.3, 0.4) is 0 Å². The van der Waals surface area contributed by atoms with Crippen LogP contribution in [0.5, 0.6) is 0 Å². The molecule has 108 valence electrons. The topological polar surface area (TPSA) is 32.3 Å². The van der Waals surface area contributed by atoms with Crippen molar-refractivity contribution in [1.82, 2.24) is 0 Å². The van der Waals surface area contributed by atoms with Crippen LogP contribution in [0.2, 0.25) is 0 Å². The summed E-state index contributed by atoms with van der Waals surface area (Å²) in [5, 5.41) is 11.9. The number of hydrogen-bond donors (Lipinski definition) is 2. The lowest BCUT2D eigenvalue weighted by Gasteiger charge is -2.28. The molecule has 19 heavy (non-hydrogen) atoms. The van der Waals surface area contributed by atoms with Gasteiger partial charge in [0, 0.05) is 6.54 Å². The molecule has 0 bridgehead atoms. The molecule has 0 aliphatic rings. The Morgan fingerprint density at radius 2 is 1.32 bits per heavy atom. The van der Waals surface area contributed by atoms with Crippen LogP contribution in [-0.2, 0) is 0 Å². The molecule has 0 spiro atoms. The zero-order valence-electron chi connectivity index (χ0n) is 10.6. The molecule has 0 fully saturated rings. The highest BCUT2D eigenvalue weighted by molar-refractivity contribution is 5.48. The summed E-state index contributed by atoms with van der Waals surface area (Å²) < 4.78 is 65.3. The van der Waals surface area contributed by atoms with Crippen LogP contribution in [0.1, 0.15) is 20.8 Å². The van der Waals surface area contributed by atoms with Gasteiger partial charge in [0.1, 0.15) is 5.69 Å². The van der Waals surface area contributed by atoms with Crippen molar-refractivity contribution in [3.63, 3.8) is 0 Å². The molecule has 1 aromatic carbocycles. The van der Waals surface area contributed by atoms with E-state index >= 15 is 0 Å². The van der Waals surface area contributed by atoms with Gasteiger partial charge >= 0.3 is 0 Å². The minimum absolute atomic E-state index is 0.277. The fourth-order valence-corrected chi connectivity index (χ4v) is 1.23. The maximum Gasteiger partial charge on any atom is 0.200 e. The van der Waals surface area contributed by atoms with Crippen LogP contribution in [0.4, 0.5) is 27.6 Å². The minimum atomic E-state index is -2.21. The average Bonchev–Trinajstić information content (AvgIpc) is 2.33. The van der Waals surface area contributed by atoms with Gasteiger partial charge in [0.2, 0.25) is 5.82 Å². The molecule has 1 unspecified atom stereocenters. The van der Waals surface area contributed by atoms with E-state index in [4.69, 9.17) is 0 Å². The molecule has 0 aromatic heterocycles. The van der Waals surface area contributed by atoms with Gasteiger partial charge < -0.3 is 10.4 Å². The van der Waals surface area contributed by atoms with Crippen LogP contribution in [0, 0.1) is 35.0 Å². The molecule has 1 atom stereocenters. The van der Waals surface area contributed by atoms with E-state index in [1.807, 2.05) is 0 Å². The van der Waals surface area contributed by atoms with Crippen LogP contribution < -0.4 is 5.32 Å². The normalized spacial score (nSPS) is 14.6. The van der Waals surface area contributed by atoms with E-state index in [1.54, 1.807) is 13.8 Å². The van der Waals surface area contributed by atoms with Gasteiger partial charge in [-0.25, -0.2) is 22.0 Å². The van der Waals surface area contributed by atoms with Crippen molar-refractivity contribution < 1.29 is 27.1 Å². The van der Waals surface area contributed by atoms with Gasteiger partial charge in [0.05, 0.1) is 5.60 Å². The molecule has 0 amide bonds. The number of nitrogens with one attached hydrogen (secondary N) is 1. The zero-order chi connectivity index (χ0) is 15.0. The molecule has 0 aliphatic heterocycles. The Kier molecular flexibility index (Phi) is 4.39. The van der Waals surface area contributed by atoms with Crippen molar-refractivity contribution in [1.29, 1.82) is 0 Å². The number of aliphatic hydroxyl groups is 1. The third-order valence-corrected chi connectivity index (χ3v) is 3.08. The molecule has 0 saturated heterocycles. The molecule has 7 heteroatoms. The van der Waals surface area contributed by atoms with E-state index < -0.39 is 40.4 Å². The largest absolute Gasteiger partial charge is 0.388 e. The highest BCUT2D eigenvalue weighted by Crippen LogP contribution is 2.28. The van der Waals surface area contributed by atoms with Crippen LogP contribution in [0.25, 0.3) is 0 Å². The van der Waals surface area contributed by atoms with Gasteiger partial charge in [0.25, 0.3) is 0 Å². The van der Waals surface area contributed by atoms with Crippen molar-refractivity contribution in [3.05, 3.63) is 29.1 Å². The predicted molar refractivity (Wildman–Crippen MR) is 60.2 cm³/mol. The predicted octanol–water partition coefficient (Wildman–Crippen LogP) is 3.20. The van der Waals surface area contributed by atoms with E-state index in [2.05, 4.69) is 5.32 Å². The molecule has 0 heterocycles. The smallest absolute Gasteiger partial charge is 0.200 e. The van der Waals surface area contributed by atoms with Crippen molar-refractivity contribution >= 4 is 5.69 Å². The Morgan fingerprint density at radius 3 is 1.68 bits per heavy atom. The fourth-order valence-electron chi connectivity index (χ4n) is 1.23. The lowest BCUT2D eigenvalue weighted by atomic mass is 9.92. The lowest BCUT2D eigenvalue weighted by Crippen LogP contribution is -2.39. The summed E-state index contributed by atoms with van der Waals surface area (Å²) in [6.07, 6.45) is 0. The van der Waals surface area contributed by atoms with Gasteiger partial charge in [0.15, 0.2) is 23.3 Å². The summed E-state index contributed by atoms with van der Waals surface area (Å²) in [6, 6.07) is 0. The number of halogens is 5. The number of benzene rings is 1. The number of rotatable bonds is 4. The zero-order valence-corrected chi connectivity index (χ0v) is 10.6. The summed E-state index contributed by atoms with van der Waals surface area (Å²) in [5.74, 6) is -10.4. The average molecular weight is 283 g/mol. The van der Waals surface area contributed by atoms with Gasteiger partial charge in [-0.05, 0) is 12.8 Å². The first-order valence-electron chi connectivity index (χ1n) is 5.57. The second-order valence-corrected chi connectivity index (χ2v) is 4.81. The summed E-state index contributed by atoms with van der Waals surface area (Å²) in [6.45, 7) is 4.33. The SMILES string of the molecule is CC(C)C(C)(O)CNc1c(F)c(F)c(F)c(F)c1F. The minimum Gasteiger partial charge on any atom is -0.388 e. The number of hydrogen-bond acceptors (Lipinski definition) is 2. The quantitative estimate of drug-likeness (QED) is 0.505. The van der Waals surface area contributed by atoms with Crippen LogP contribution >= 0.6 is 0 Å². The first-order valence-corrected chi connectivity index (χ1v) is 5.57. The lowest BCUT2D eigenvalue weighted by molar-refractivity contribution is 0.0265. The molecule has 2 N–H and O–H groups in total. The Balaban J connectivity index is 3.10. The molecule has 1 aromatic rings. The summed E-state index contributed by atoms with van der Waals surface area (Å²) in [5.41, 5.74) is -2.50. The third-order valence-electron chi connectivity index (χ3n) is 3.08. The van der Waals surface area contributed by atoms with Crippen LogP contribution in [0.15, 0.2) is 0 Å². The van der Waals surface area contributed by atoms with Crippen molar-refractivity contribution in [3.8, 4) is 0 Å². The highest BCUT2D eigenvalue weighted by atomic mass is 19.2. The maximum absolute atomic E-state index is 13.3. The van der Waals surface area contributed by atoms with E-state index in [9.17, 15) is 27.1 Å². The van der Waals surface area contributed by atoms with E-state index in [-0.39, 0.29) is 12.5 Å². The van der Waals surface area contributed by atoms with E-state index in [0.29, 0.717) is 0 Å². The molecular weight excluding hydrogens is 269 g/mol. The first-order chi connectivity index (χ1) is 8.59. The highest BCUT2D eigenvalue weighted by Gasteiger charge is 2.29. The monoisotopic (exact) mass is 283 g/mol. The molecule has 0 aliphatic carbocycles. The molecule has 0 radical (unpaired) electrons. The Morgan fingerprint density at radius 1 is 0.947 bits per heavy atom. The van der Waals surface area contributed by atoms with Gasteiger partial charge in [-0.15, -0.1) is 0 Å². The first kappa shape index (κ1) is 15.7. The second kappa shape index (κ2) is 5.32. The maximum atomic E-state index is 13.3. The standard InChI is InChI=1S/C12H14F5NO/c1-5(2)12(3,19)4-18-11-9(16)7(14)6(13)8(15)10(11)17/h5,18-19H,4H2,1-3H3. The van der Waals surface area contributed by atoms with Crippen molar-refractivity contribution in [2.45, 2.75) is 26.4 Å². The Bertz CT molecular complexity index is 458. The van der Waals surface area contributed by atoms with Crippen molar-refractivity contribution in [2.75, 3.05) is 11.9 Å². The van der Waals surface area contributed by atoms with Crippen molar-refractivity contribution in [2.24, 2.45) is 5.92 Å².